The zero-order chi connectivity index (χ0) is 21.3. The van der Waals surface area contributed by atoms with Gasteiger partial charge in [0, 0.05) is 59.4 Å². The van der Waals surface area contributed by atoms with E-state index in [1.165, 1.54) is 5.69 Å². The average Bonchev–Trinajstić information content (AvgIpc) is 2.75. The summed E-state index contributed by atoms with van der Waals surface area (Å²) in [5.41, 5.74) is 3.23. The van der Waals surface area contributed by atoms with Crippen LogP contribution >= 0.6 is 15.9 Å². The van der Waals surface area contributed by atoms with Crippen LogP contribution in [0, 0.1) is 0 Å². The lowest BCUT2D eigenvalue weighted by Crippen LogP contribution is -2.44. The van der Waals surface area contributed by atoms with E-state index in [1.54, 1.807) is 24.4 Å². The van der Waals surface area contributed by atoms with E-state index < -0.39 is 18.5 Å². The van der Waals surface area contributed by atoms with E-state index in [1.807, 2.05) is 12.1 Å². The molecule has 0 bridgehead atoms. The number of amides is 2. The number of anilines is 2. The highest BCUT2D eigenvalue weighted by molar-refractivity contribution is 9.10. The summed E-state index contributed by atoms with van der Waals surface area (Å²) in [6.45, 7) is 3.42. The van der Waals surface area contributed by atoms with E-state index in [2.05, 4.69) is 50.2 Å². The number of halogens is 1. The number of nitrogens with one attached hydrogen (secondary N) is 1. The standard InChI is InChI=1S/C22H23BrN4O3/c1-25-8-10-26(11-9-25)17-5-3-16(4-6-17)24-13-20-19-12-15(23)2-7-18(19)21(29)27(14-28)22(20)30/h2-7,12-13,24,28H,8-11,14H2,1H3. The summed E-state index contributed by atoms with van der Waals surface area (Å²) in [4.78, 5) is 30.7. The number of likely N-dealkylation sites (N-methyl/N-ethyl adjacent to an activating group) is 1. The monoisotopic (exact) mass is 470 g/mol. The van der Waals surface area contributed by atoms with Crippen molar-refractivity contribution in [2.24, 2.45) is 0 Å². The van der Waals surface area contributed by atoms with Crippen molar-refractivity contribution in [3.63, 3.8) is 0 Å². The maximum atomic E-state index is 12.8. The molecular formula is C22H23BrN4O3. The van der Waals surface area contributed by atoms with Gasteiger partial charge in [-0.15, -0.1) is 0 Å². The molecule has 0 saturated carbocycles. The van der Waals surface area contributed by atoms with E-state index in [4.69, 9.17) is 0 Å². The number of hydrogen-bond acceptors (Lipinski definition) is 6. The maximum Gasteiger partial charge on any atom is 0.264 e. The van der Waals surface area contributed by atoms with E-state index >= 15 is 0 Å². The van der Waals surface area contributed by atoms with Crippen LogP contribution in [-0.2, 0) is 4.79 Å². The van der Waals surface area contributed by atoms with Gasteiger partial charge < -0.3 is 20.2 Å². The summed E-state index contributed by atoms with van der Waals surface area (Å²) in [7, 11) is 2.13. The van der Waals surface area contributed by atoms with Gasteiger partial charge in [0.2, 0.25) is 0 Å². The van der Waals surface area contributed by atoms with E-state index in [0.717, 1.165) is 41.2 Å². The van der Waals surface area contributed by atoms with Gasteiger partial charge >= 0.3 is 0 Å². The van der Waals surface area contributed by atoms with Crippen LogP contribution in [-0.4, -0.2) is 66.7 Å². The number of rotatable bonds is 4. The Morgan fingerprint density at radius 1 is 1.00 bits per heavy atom. The fourth-order valence-corrected chi connectivity index (χ4v) is 4.04. The number of imide groups is 1. The second-order valence-electron chi connectivity index (χ2n) is 7.41. The molecule has 2 heterocycles. The number of carbonyl (C=O) groups excluding carboxylic acids is 2. The quantitative estimate of drug-likeness (QED) is 0.528. The molecule has 2 N–H and O–H groups in total. The fraction of sp³-hybridized carbons (Fsp3) is 0.273. The molecule has 30 heavy (non-hydrogen) atoms. The van der Waals surface area contributed by atoms with Gasteiger partial charge in [-0.2, -0.15) is 0 Å². The molecule has 2 aliphatic heterocycles. The molecule has 1 fully saturated rings. The molecule has 2 aromatic rings. The molecule has 2 aliphatic rings. The lowest BCUT2D eigenvalue weighted by molar-refractivity contribution is -0.125. The summed E-state index contributed by atoms with van der Waals surface area (Å²) >= 11 is 3.39. The second kappa shape index (κ2) is 8.59. The number of hydrogen-bond donors (Lipinski definition) is 2. The Hall–Kier alpha value is -2.68. The Bertz CT molecular complexity index is 998. The van der Waals surface area contributed by atoms with Gasteiger partial charge in [0.05, 0.1) is 5.57 Å². The first-order valence-electron chi connectivity index (χ1n) is 9.75. The van der Waals surface area contributed by atoms with Gasteiger partial charge in [0.15, 0.2) is 0 Å². The number of fused-ring (bicyclic) bond motifs is 1. The van der Waals surface area contributed by atoms with E-state index in [0.29, 0.717) is 16.7 Å². The van der Waals surface area contributed by atoms with Crippen LogP contribution in [0.2, 0.25) is 0 Å². The first-order valence-corrected chi connectivity index (χ1v) is 10.5. The van der Waals surface area contributed by atoms with Crippen molar-refractivity contribution in [2.45, 2.75) is 0 Å². The molecule has 7 nitrogen and oxygen atoms in total. The molecule has 0 aliphatic carbocycles. The van der Waals surface area contributed by atoms with E-state index in [9.17, 15) is 14.7 Å². The first-order chi connectivity index (χ1) is 14.5. The number of nitrogens with zero attached hydrogens (tertiary/aromatic N) is 3. The third-order valence-corrected chi connectivity index (χ3v) is 5.98. The topological polar surface area (TPSA) is 76.1 Å². The summed E-state index contributed by atoms with van der Waals surface area (Å²) in [6, 6.07) is 13.2. The third kappa shape index (κ3) is 3.98. The molecule has 0 radical (unpaired) electrons. The molecule has 156 valence electrons. The fourth-order valence-electron chi connectivity index (χ4n) is 3.68. The zero-order valence-electron chi connectivity index (χ0n) is 16.6. The van der Waals surface area contributed by atoms with E-state index in [-0.39, 0.29) is 0 Å². The molecular weight excluding hydrogens is 448 g/mol. The van der Waals surface area contributed by atoms with Crippen molar-refractivity contribution < 1.29 is 14.7 Å². The first kappa shape index (κ1) is 20.6. The van der Waals surface area contributed by atoms with Gasteiger partial charge in [0.25, 0.3) is 11.8 Å². The van der Waals surface area contributed by atoms with Gasteiger partial charge in [0.1, 0.15) is 6.73 Å². The normalized spacial score (nSPS) is 18.7. The predicted molar refractivity (Wildman–Crippen MR) is 120 cm³/mol. The smallest absolute Gasteiger partial charge is 0.264 e. The molecule has 8 heteroatoms. The van der Waals surface area contributed by atoms with Gasteiger partial charge in [-0.05, 0) is 49.5 Å². The Labute approximate surface area is 183 Å². The molecule has 1 saturated heterocycles. The molecule has 0 atom stereocenters. The molecule has 2 amide bonds. The molecule has 0 unspecified atom stereocenters. The van der Waals surface area contributed by atoms with Gasteiger partial charge in [-0.3, -0.25) is 14.5 Å². The number of benzene rings is 2. The summed E-state index contributed by atoms with van der Waals surface area (Å²) in [6.07, 6.45) is 1.59. The Balaban J connectivity index is 1.57. The highest BCUT2D eigenvalue weighted by atomic mass is 79.9. The van der Waals surface area contributed by atoms with Crippen molar-refractivity contribution in [1.82, 2.24) is 9.80 Å². The van der Waals surface area contributed by atoms with Crippen molar-refractivity contribution in [2.75, 3.05) is 50.2 Å². The lowest BCUT2D eigenvalue weighted by atomic mass is 9.94. The van der Waals surface area contributed by atoms with Crippen LogP contribution in [0.4, 0.5) is 11.4 Å². The number of aliphatic hydroxyl groups excluding tert-OH is 1. The zero-order valence-corrected chi connectivity index (χ0v) is 18.2. The minimum absolute atomic E-state index is 0.322. The molecule has 0 spiro atoms. The maximum absolute atomic E-state index is 12.8. The van der Waals surface area contributed by atoms with Crippen LogP contribution in [0.5, 0.6) is 0 Å². The van der Waals surface area contributed by atoms with Crippen molar-refractivity contribution in [1.29, 1.82) is 0 Å². The number of piperazine rings is 1. The van der Waals surface area contributed by atoms with Crippen molar-refractivity contribution in [3.05, 3.63) is 64.3 Å². The summed E-state index contributed by atoms with van der Waals surface area (Å²) in [5, 5.41) is 12.7. The summed E-state index contributed by atoms with van der Waals surface area (Å²) in [5.74, 6) is -1.03. The van der Waals surface area contributed by atoms with Crippen molar-refractivity contribution in [3.8, 4) is 0 Å². The van der Waals surface area contributed by atoms with Crippen LogP contribution in [0.1, 0.15) is 15.9 Å². The lowest BCUT2D eigenvalue weighted by Gasteiger charge is -2.34. The number of aliphatic hydroxyl groups is 1. The van der Waals surface area contributed by atoms with Crippen LogP contribution in [0.25, 0.3) is 5.57 Å². The van der Waals surface area contributed by atoms with Crippen LogP contribution in [0.3, 0.4) is 0 Å². The Morgan fingerprint density at radius 3 is 2.37 bits per heavy atom. The second-order valence-corrected chi connectivity index (χ2v) is 8.32. The Kier molecular flexibility index (Phi) is 5.90. The SMILES string of the molecule is CN1CCN(c2ccc(NC=C3C(=O)N(CO)C(=O)c4ccc(Br)cc43)cc2)CC1. The Morgan fingerprint density at radius 2 is 1.70 bits per heavy atom. The van der Waals surface area contributed by atoms with Gasteiger partial charge in [-0.25, -0.2) is 0 Å². The molecule has 4 rings (SSSR count). The van der Waals surface area contributed by atoms with Crippen molar-refractivity contribution >= 4 is 44.7 Å². The molecule has 2 aromatic carbocycles. The summed E-state index contributed by atoms with van der Waals surface area (Å²) < 4.78 is 0.765. The predicted octanol–water partition coefficient (Wildman–Crippen LogP) is 2.59. The highest BCUT2D eigenvalue weighted by Crippen LogP contribution is 2.31. The van der Waals surface area contributed by atoms with Crippen LogP contribution < -0.4 is 10.2 Å². The minimum Gasteiger partial charge on any atom is -0.376 e. The minimum atomic E-state index is -0.662. The molecule has 0 aromatic heterocycles. The van der Waals surface area contributed by atoms with Crippen LogP contribution in [0.15, 0.2) is 53.1 Å². The van der Waals surface area contributed by atoms with Gasteiger partial charge in [-0.1, -0.05) is 15.9 Å². The average molecular weight is 471 g/mol. The number of carbonyl (C=O) groups is 2. The third-order valence-electron chi connectivity index (χ3n) is 5.48. The highest BCUT2D eigenvalue weighted by Gasteiger charge is 2.34. The largest absolute Gasteiger partial charge is 0.376 e.